The zero-order valence-corrected chi connectivity index (χ0v) is 21.6. The van der Waals surface area contributed by atoms with E-state index in [1.165, 1.54) is 28.7 Å². The van der Waals surface area contributed by atoms with Gasteiger partial charge in [-0.3, -0.25) is 9.59 Å². The SMILES string of the molecule is CCOC(=O)Cc1csc(NC(=O)CSc2nnc(C(C)Oc3ccc(C)cc3C)n2CC)n1. The van der Waals surface area contributed by atoms with Crippen molar-refractivity contribution in [3.63, 3.8) is 0 Å². The van der Waals surface area contributed by atoms with Gasteiger partial charge in [-0.1, -0.05) is 29.5 Å². The van der Waals surface area contributed by atoms with E-state index in [1.54, 1.807) is 12.3 Å². The van der Waals surface area contributed by atoms with Crippen molar-refractivity contribution in [3.8, 4) is 5.75 Å². The van der Waals surface area contributed by atoms with Crippen molar-refractivity contribution in [2.24, 2.45) is 0 Å². The molecule has 0 spiro atoms. The number of hydrogen-bond donors (Lipinski definition) is 1. The summed E-state index contributed by atoms with van der Waals surface area (Å²) in [7, 11) is 0. The number of thiazole rings is 1. The number of carbonyl (C=O) groups excluding carboxylic acids is 2. The van der Waals surface area contributed by atoms with E-state index in [-0.39, 0.29) is 30.2 Å². The van der Waals surface area contributed by atoms with Crippen LogP contribution in [0.25, 0.3) is 0 Å². The van der Waals surface area contributed by atoms with Crippen molar-refractivity contribution in [1.29, 1.82) is 0 Å². The number of thioether (sulfide) groups is 1. The molecule has 0 saturated carbocycles. The van der Waals surface area contributed by atoms with Gasteiger partial charge in [0.2, 0.25) is 5.91 Å². The summed E-state index contributed by atoms with van der Waals surface area (Å²) in [5, 5.41) is 14.2. The Hall–Kier alpha value is -2.92. The van der Waals surface area contributed by atoms with Gasteiger partial charge in [-0.05, 0) is 46.2 Å². The van der Waals surface area contributed by atoms with Crippen LogP contribution in [-0.4, -0.2) is 44.0 Å². The Morgan fingerprint density at radius 3 is 2.74 bits per heavy atom. The maximum absolute atomic E-state index is 12.4. The quantitative estimate of drug-likeness (QED) is 0.304. The molecule has 1 amide bonds. The zero-order valence-electron chi connectivity index (χ0n) is 20.0. The van der Waals surface area contributed by atoms with Crippen LogP contribution >= 0.6 is 23.1 Å². The number of hydrogen-bond acceptors (Lipinski definition) is 9. The normalized spacial score (nSPS) is 11.8. The molecule has 11 heteroatoms. The third-order valence-electron chi connectivity index (χ3n) is 4.82. The minimum atomic E-state index is -0.341. The lowest BCUT2D eigenvalue weighted by molar-refractivity contribution is -0.142. The van der Waals surface area contributed by atoms with Crippen LogP contribution in [0.4, 0.5) is 5.13 Å². The molecule has 0 bridgehead atoms. The predicted octanol–water partition coefficient (Wildman–Crippen LogP) is 4.35. The minimum absolute atomic E-state index is 0.0830. The Bertz CT molecular complexity index is 1140. The van der Waals surface area contributed by atoms with Crippen LogP contribution in [0, 0.1) is 13.8 Å². The molecular weight excluding hydrogens is 474 g/mol. The third kappa shape index (κ3) is 6.80. The molecule has 34 heavy (non-hydrogen) atoms. The fourth-order valence-corrected chi connectivity index (χ4v) is 4.81. The molecule has 0 aliphatic carbocycles. The Balaban J connectivity index is 1.57. The summed E-state index contributed by atoms with van der Waals surface area (Å²) in [6.45, 7) is 10.7. The van der Waals surface area contributed by atoms with Crippen molar-refractivity contribution in [3.05, 3.63) is 46.2 Å². The summed E-state index contributed by atoms with van der Waals surface area (Å²) in [6, 6.07) is 6.06. The maximum atomic E-state index is 12.4. The molecule has 1 aromatic carbocycles. The Morgan fingerprint density at radius 2 is 2.03 bits per heavy atom. The molecule has 2 heterocycles. The molecule has 1 N–H and O–H groups in total. The van der Waals surface area contributed by atoms with E-state index in [1.807, 2.05) is 44.4 Å². The first-order chi connectivity index (χ1) is 16.3. The average Bonchev–Trinajstić information content (AvgIpc) is 3.40. The van der Waals surface area contributed by atoms with Gasteiger partial charge in [0.05, 0.1) is 24.5 Å². The van der Waals surface area contributed by atoms with Crippen molar-refractivity contribution < 1.29 is 19.1 Å². The smallest absolute Gasteiger partial charge is 0.311 e. The molecule has 3 aromatic rings. The molecule has 1 atom stereocenters. The number of benzene rings is 1. The Labute approximate surface area is 207 Å². The molecule has 0 aliphatic heterocycles. The second-order valence-corrected chi connectivity index (χ2v) is 9.38. The number of carbonyl (C=O) groups is 2. The highest BCUT2D eigenvalue weighted by Gasteiger charge is 2.20. The lowest BCUT2D eigenvalue weighted by Crippen LogP contribution is -2.15. The van der Waals surface area contributed by atoms with E-state index in [9.17, 15) is 9.59 Å². The second kappa shape index (κ2) is 12.0. The first kappa shape index (κ1) is 25.7. The van der Waals surface area contributed by atoms with Crippen molar-refractivity contribution in [2.75, 3.05) is 17.7 Å². The number of amides is 1. The number of anilines is 1. The standard InChI is InChI=1S/C23H29N5O4S2/c1-6-28-21(16(5)32-18-9-8-14(3)10-15(18)4)26-27-23(28)34-13-19(29)25-22-24-17(12-33-22)11-20(30)31-7-2/h8-10,12,16H,6-7,11,13H2,1-5H3,(H,24,25,29). The van der Waals surface area contributed by atoms with Gasteiger partial charge < -0.3 is 19.4 Å². The molecule has 182 valence electrons. The lowest BCUT2D eigenvalue weighted by Gasteiger charge is -2.17. The summed E-state index contributed by atoms with van der Waals surface area (Å²) in [4.78, 5) is 28.3. The molecule has 9 nitrogen and oxygen atoms in total. The first-order valence-corrected chi connectivity index (χ1v) is 12.9. The topological polar surface area (TPSA) is 108 Å². The van der Waals surface area contributed by atoms with Gasteiger partial charge >= 0.3 is 5.97 Å². The van der Waals surface area contributed by atoms with Crippen LogP contribution in [0.5, 0.6) is 5.75 Å². The summed E-state index contributed by atoms with van der Waals surface area (Å²) in [5.41, 5.74) is 2.81. The highest BCUT2D eigenvalue weighted by atomic mass is 32.2. The van der Waals surface area contributed by atoms with E-state index in [0.29, 0.717) is 35.0 Å². The highest BCUT2D eigenvalue weighted by molar-refractivity contribution is 7.99. The molecular formula is C23H29N5O4S2. The largest absolute Gasteiger partial charge is 0.482 e. The van der Waals surface area contributed by atoms with Crippen LogP contribution in [0.3, 0.4) is 0 Å². The van der Waals surface area contributed by atoms with Gasteiger partial charge in [0.1, 0.15) is 5.75 Å². The number of nitrogens with zero attached hydrogens (tertiary/aromatic N) is 4. The van der Waals surface area contributed by atoms with Gasteiger partial charge in [-0.25, -0.2) is 4.98 Å². The summed E-state index contributed by atoms with van der Waals surface area (Å²) >= 11 is 2.57. The molecule has 3 rings (SSSR count). The number of ether oxygens (including phenoxy) is 2. The van der Waals surface area contributed by atoms with Crippen LogP contribution in [0.15, 0.2) is 28.7 Å². The van der Waals surface area contributed by atoms with Gasteiger partial charge in [-0.2, -0.15) is 0 Å². The molecule has 0 saturated heterocycles. The molecule has 2 aromatic heterocycles. The van der Waals surface area contributed by atoms with E-state index >= 15 is 0 Å². The predicted molar refractivity (Wildman–Crippen MR) is 132 cm³/mol. The van der Waals surface area contributed by atoms with Crippen molar-refractivity contribution >= 4 is 40.1 Å². The third-order valence-corrected chi connectivity index (χ3v) is 6.59. The molecule has 0 radical (unpaired) electrons. The van der Waals surface area contributed by atoms with Crippen LogP contribution < -0.4 is 10.1 Å². The van der Waals surface area contributed by atoms with E-state index < -0.39 is 0 Å². The minimum Gasteiger partial charge on any atom is -0.482 e. The Kier molecular flexibility index (Phi) is 9.05. The number of rotatable bonds is 11. The summed E-state index contributed by atoms with van der Waals surface area (Å²) in [5.74, 6) is 1.11. The van der Waals surface area contributed by atoms with E-state index in [2.05, 4.69) is 26.6 Å². The molecule has 1 unspecified atom stereocenters. The van der Waals surface area contributed by atoms with E-state index in [0.717, 1.165) is 11.3 Å². The maximum Gasteiger partial charge on any atom is 0.311 e. The molecule has 0 aliphatic rings. The van der Waals surface area contributed by atoms with E-state index in [4.69, 9.17) is 9.47 Å². The fourth-order valence-electron chi connectivity index (χ4n) is 3.27. The van der Waals surface area contributed by atoms with Crippen LogP contribution in [-0.2, 0) is 27.3 Å². The van der Waals surface area contributed by atoms with Crippen LogP contribution in [0.1, 0.15) is 49.5 Å². The summed E-state index contributed by atoms with van der Waals surface area (Å²) < 4.78 is 13.0. The number of aryl methyl sites for hydroxylation is 2. The number of esters is 1. The van der Waals surface area contributed by atoms with Crippen molar-refractivity contribution in [1.82, 2.24) is 19.7 Å². The zero-order chi connectivity index (χ0) is 24.7. The van der Waals surface area contributed by atoms with Gasteiger partial charge in [0.15, 0.2) is 22.2 Å². The Morgan fingerprint density at radius 1 is 1.24 bits per heavy atom. The second-order valence-electron chi connectivity index (χ2n) is 7.58. The number of nitrogens with one attached hydrogen (secondary N) is 1. The lowest BCUT2D eigenvalue weighted by atomic mass is 10.1. The van der Waals surface area contributed by atoms with Crippen LogP contribution in [0.2, 0.25) is 0 Å². The van der Waals surface area contributed by atoms with Gasteiger partial charge in [-0.15, -0.1) is 21.5 Å². The fraction of sp³-hybridized carbons (Fsp3) is 0.435. The average molecular weight is 504 g/mol. The highest BCUT2D eigenvalue weighted by Crippen LogP contribution is 2.27. The molecule has 0 fully saturated rings. The van der Waals surface area contributed by atoms with Gasteiger partial charge in [0, 0.05) is 11.9 Å². The van der Waals surface area contributed by atoms with Gasteiger partial charge in [0.25, 0.3) is 0 Å². The summed E-state index contributed by atoms with van der Waals surface area (Å²) in [6.07, 6.45) is -0.218. The first-order valence-electron chi connectivity index (χ1n) is 11.0. The number of aromatic nitrogens is 4. The van der Waals surface area contributed by atoms with Crippen molar-refractivity contribution in [2.45, 2.75) is 58.8 Å². The monoisotopic (exact) mass is 503 g/mol.